The lowest BCUT2D eigenvalue weighted by Crippen LogP contribution is -2.31. The average molecular weight is 334 g/mol. The molecule has 120 valence electrons. The first-order chi connectivity index (χ1) is 10.9. The molecule has 2 aromatic rings. The predicted octanol–water partition coefficient (Wildman–Crippen LogP) is 1.13. The highest BCUT2D eigenvalue weighted by Gasteiger charge is 2.17. The number of sulfonamides is 1. The molecule has 0 atom stereocenters. The van der Waals surface area contributed by atoms with Gasteiger partial charge in [-0.25, -0.2) is 22.9 Å². The minimum absolute atomic E-state index is 0.0225. The number of methoxy groups -OCH3 is 1. The van der Waals surface area contributed by atoms with Crippen molar-refractivity contribution < 1.29 is 22.7 Å². The molecule has 1 amide bonds. The zero-order chi connectivity index (χ0) is 16.9. The summed E-state index contributed by atoms with van der Waals surface area (Å²) >= 11 is 0. The number of rotatable bonds is 5. The van der Waals surface area contributed by atoms with E-state index in [-0.39, 0.29) is 17.0 Å². The number of amides is 1. The molecule has 1 heterocycles. The Morgan fingerprint density at radius 3 is 2.39 bits per heavy atom. The summed E-state index contributed by atoms with van der Waals surface area (Å²) in [6.07, 6.45) is 1.11. The summed E-state index contributed by atoms with van der Waals surface area (Å²) < 4.78 is 30.4. The second kappa shape index (κ2) is 7.01. The number of aromatic nitrogens is 1. The van der Waals surface area contributed by atoms with E-state index in [1.54, 1.807) is 30.3 Å². The Kier molecular flexibility index (Phi) is 5.07. The largest absolute Gasteiger partial charge is 0.464 e. The SMILES string of the molecule is COC(=O)c1ccc(C(=O)NS(=O)(=O)Cc2ccccc2)cn1. The van der Waals surface area contributed by atoms with Crippen molar-refractivity contribution in [2.45, 2.75) is 5.75 Å². The maximum Gasteiger partial charge on any atom is 0.356 e. The van der Waals surface area contributed by atoms with Gasteiger partial charge in [0.15, 0.2) is 0 Å². The third-order valence-corrected chi connectivity index (χ3v) is 4.08. The quantitative estimate of drug-likeness (QED) is 0.822. The molecule has 1 aromatic carbocycles. The van der Waals surface area contributed by atoms with Crippen LogP contribution in [0.15, 0.2) is 48.7 Å². The standard InChI is InChI=1S/C15H14N2O5S/c1-22-15(19)13-8-7-12(9-16-13)14(18)17-23(20,21)10-11-5-3-2-4-6-11/h2-9H,10H2,1H3,(H,17,18). The van der Waals surface area contributed by atoms with Crippen LogP contribution >= 0.6 is 0 Å². The third kappa shape index (κ3) is 4.62. The monoisotopic (exact) mass is 334 g/mol. The molecule has 2 rings (SSSR count). The van der Waals surface area contributed by atoms with Crippen molar-refractivity contribution in [3.63, 3.8) is 0 Å². The van der Waals surface area contributed by atoms with Gasteiger partial charge in [0, 0.05) is 6.20 Å². The summed E-state index contributed by atoms with van der Waals surface area (Å²) in [7, 11) is -2.62. The summed E-state index contributed by atoms with van der Waals surface area (Å²) in [6.45, 7) is 0. The Balaban J connectivity index is 2.07. The number of nitrogens with zero attached hydrogens (tertiary/aromatic N) is 1. The number of nitrogens with one attached hydrogen (secondary N) is 1. The normalized spacial score (nSPS) is 10.8. The zero-order valence-corrected chi connectivity index (χ0v) is 13.0. The van der Waals surface area contributed by atoms with Crippen LogP contribution in [0.4, 0.5) is 0 Å². The van der Waals surface area contributed by atoms with Crippen molar-refractivity contribution in [1.82, 2.24) is 9.71 Å². The Bertz CT molecular complexity index is 802. The molecule has 0 fully saturated rings. The van der Waals surface area contributed by atoms with Crippen LogP contribution in [0.1, 0.15) is 26.4 Å². The smallest absolute Gasteiger partial charge is 0.356 e. The van der Waals surface area contributed by atoms with Crippen LogP contribution in [-0.4, -0.2) is 32.4 Å². The topological polar surface area (TPSA) is 102 Å². The second-order valence-corrected chi connectivity index (χ2v) is 6.32. The Morgan fingerprint density at radius 1 is 1.13 bits per heavy atom. The van der Waals surface area contributed by atoms with Gasteiger partial charge in [-0.15, -0.1) is 0 Å². The van der Waals surface area contributed by atoms with Gasteiger partial charge < -0.3 is 4.74 Å². The number of carbonyl (C=O) groups excluding carboxylic acids is 2. The van der Waals surface area contributed by atoms with E-state index in [0.717, 1.165) is 6.20 Å². The Morgan fingerprint density at radius 2 is 1.83 bits per heavy atom. The molecule has 0 unspecified atom stereocenters. The van der Waals surface area contributed by atoms with Crippen molar-refractivity contribution in [1.29, 1.82) is 0 Å². The highest BCUT2D eigenvalue weighted by atomic mass is 32.2. The maximum absolute atomic E-state index is 12.0. The number of esters is 1. The van der Waals surface area contributed by atoms with E-state index in [1.165, 1.54) is 19.2 Å². The molecule has 0 radical (unpaired) electrons. The molecule has 0 aliphatic rings. The zero-order valence-electron chi connectivity index (χ0n) is 12.2. The average Bonchev–Trinajstić information content (AvgIpc) is 2.54. The fourth-order valence-corrected chi connectivity index (χ4v) is 2.89. The van der Waals surface area contributed by atoms with Crippen LogP contribution in [0.3, 0.4) is 0 Å². The molecule has 8 heteroatoms. The molecule has 0 saturated heterocycles. The Hall–Kier alpha value is -2.74. The van der Waals surface area contributed by atoms with Crippen molar-refractivity contribution in [2.24, 2.45) is 0 Å². The van der Waals surface area contributed by atoms with Crippen LogP contribution in [0.5, 0.6) is 0 Å². The second-order valence-electron chi connectivity index (χ2n) is 4.60. The number of pyridine rings is 1. The molecule has 0 aliphatic heterocycles. The first kappa shape index (κ1) is 16.6. The molecule has 1 aromatic heterocycles. The van der Waals surface area contributed by atoms with E-state index >= 15 is 0 Å². The summed E-state index contributed by atoms with van der Waals surface area (Å²) in [5.41, 5.74) is 0.609. The highest BCUT2D eigenvalue weighted by molar-refractivity contribution is 7.89. The number of ether oxygens (including phenoxy) is 1. The van der Waals surface area contributed by atoms with E-state index in [0.29, 0.717) is 5.56 Å². The van der Waals surface area contributed by atoms with Crippen LogP contribution < -0.4 is 4.72 Å². The lowest BCUT2D eigenvalue weighted by atomic mass is 10.2. The van der Waals surface area contributed by atoms with Crippen LogP contribution in [0.25, 0.3) is 0 Å². The van der Waals surface area contributed by atoms with Gasteiger partial charge in [-0.3, -0.25) is 4.79 Å². The van der Waals surface area contributed by atoms with Crippen molar-refractivity contribution in [3.8, 4) is 0 Å². The number of benzene rings is 1. The van der Waals surface area contributed by atoms with E-state index in [9.17, 15) is 18.0 Å². The van der Waals surface area contributed by atoms with Gasteiger partial charge in [-0.2, -0.15) is 0 Å². The van der Waals surface area contributed by atoms with Crippen molar-refractivity contribution >= 4 is 21.9 Å². The number of hydrogen-bond donors (Lipinski definition) is 1. The minimum Gasteiger partial charge on any atom is -0.464 e. The van der Waals surface area contributed by atoms with Gasteiger partial charge in [0.25, 0.3) is 5.91 Å². The van der Waals surface area contributed by atoms with E-state index in [1.807, 2.05) is 4.72 Å². The Labute approximate surface area is 133 Å². The summed E-state index contributed by atoms with van der Waals surface area (Å²) in [5.74, 6) is -1.77. The highest BCUT2D eigenvalue weighted by Crippen LogP contribution is 2.06. The number of carbonyl (C=O) groups is 2. The summed E-state index contributed by atoms with van der Waals surface area (Å²) in [4.78, 5) is 27.0. The van der Waals surface area contributed by atoms with Gasteiger partial charge in [-0.1, -0.05) is 30.3 Å². The first-order valence-electron chi connectivity index (χ1n) is 6.54. The van der Waals surface area contributed by atoms with Crippen molar-refractivity contribution in [2.75, 3.05) is 7.11 Å². The summed E-state index contributed by atoms with van der Waals surface area (Å²) in [5, 5.41) is 0. The molecular weight excluding hydrogens is 320 g/mol. The molecule has 0 spiro atoms. The van der Waals surface area contributed by atoms with E-state index < -0.39 is 21.9 Å². The lowest BCUT2D eigenvalue weighted by Gasteiger charge is -2.07. The lowest BCUT2D eigenvalue weighted by molar-refractivity contribution is 0.0593. The fourth-order valence-electron chi connectivity index (χ4n) is 1.78. The predicted molar refractivity (Wildman–Crippen MR) is 82.1 cm³/mol. The van der Waals surface area contributed by atoms with Gasteiger partial charge in [-0.05, 0) is 17.7 Å². The van der Waals surface area contributed by atoms with Crippen molar-refractivity contribution in [3.05, 3.63) is 65.5 Å². The first-order valence-corrected chi connectivity index (χ1v) is 8.19. The molecule has 0 saturated carbocycles. The van der Waals surface area contributed by atoms with Gasteiger partial charge in [0.1, 0.15) is 5.69 Å². The van der Waals surface area contributed by atoms with Gasteiger partial charge in [0.05, 0.1) is 18.4 Å². The van der Waals surface area contributed by atoms with Gasteiger partial charge in [0.2, 0.25) is 10.0 Å². The van der Waals surface area contributed by atoms with Crippen LogP contribution in [0.2, 0.25) is 0 Å². The van der Waals surface area contributed by atoms with Crippen LogP contribution in [0, 0.1) is 0 Å². The minimum atomic E-state index is -3.83. The van der Waals surface area contributed by atoms with E-state index in [4.69, 9.17) is 0 Å². The number of hydrogen-bond acceptors (Lipinski definition) is 6. The molecular formula is C15H14N2O5S. The van der Waals surface area contributed by atoms with E-state index in [2.05, 4.69) is 9.72 Å². The molecule has 7 nitrogen and oxygen atoms in total. The summed E-state index contributed by atoms with van der Waals surface area (Å²) in [6, 6.07) is 11.1. The fraction of sp³-hybridized carbons (Fsp3) is 0.133. The molecule has 1 N–H and O–H groups in total. The van der Waals surface area contributed by atoms with Crippen LogP contribution in [-0.2, 0) is 20.5 Å². The molecule has 0 aliphatic carbocycles. The molecule has 23 heavy (non-hydrogen) atoms. The molecule has 0 bridgehead atoms. The maximum atomic E-state index is 12.0. The third-order valence-electron chi connectivity index (χ3n) is 2.87. The van der Waals surface area contributed by atoms with Gasteiger partial charge >= 0.3 is 5.97 Å².